The van der Waals surface area contributed by atoms with Gasteiger partial charge in [-0.15, -0.1) is 0 Å². The second-order valence-electron chi connectivity index (χ2n) is 4.83. The van der Waals surface area contributed by atoms with Gasteiger partial charge in [0.1, 0.15) is 6.73 Å². The van der Waals surface area contributed by atoms with Crippen molar-refractivity contribution in [2.75, 3.05) is 7.11 Å². The van der Waals surface area contributed by atoms with E-state index in [0.29, 0.717) is 13.3 Å². The van der Waals surface area contributed by atoms with Crippen LogP contribution in [0.1, 0.15) is 17.0 Å². The Morgan fingerprint density at radius 3 is 2.90 bits per heavy atom. The molecule has 0 atom stereocenters. The van der Waals surface area contributed by atoms with Gasteiger partial charge in [0, 0.05) is 12.8 Å². The highest BCUT2D eigenvalue weighted by molar-refractivity contribution is 5.26. The highest BCUT2D eigenvalue weighted by atomic mass is 16.5. The normalized spacial score (nSPS) is 13.8. The Morgan fingerprint density at radius 1 is 1.25 bits per heavy atom. The fourth-order valence-electron chi connectivity index (χ4n) is 2.37. The van der Waals surface area contributed by atoms with Crippen molar-refractivity contribution in [2.24, 2.45) is 0 Å². The summed E-state index contributed by atoms with van der Waals surface area (Å²) >= 11 is 0. The molecule has 4 heteroatoms. The molecule has 0 unspecified atom stereocenters. The molecule has 1 aromatic carbocycles. The Balaban J connectivity index is 1.61. The topological polar surface area (TPSA) is 36.3 Å². The average molecular weight is 270 g/mol. The molecule has 0 N–H and O–H groups in total. The molecule has 2 aromatic rings. The molecule has 1 aromatic heterocycles. The smallest absolute Gasteiger partial charge is 0.124 e. The predicted molar refractivity (Wildman–Crippen MR) is 76.0 cm³/mol. The van der Waals surface area contributed by atoms with Crippen LogP contribution in [0.2, 0.25) is 0 Å². The number of hydrogen-bond acceptors (Lipinski definition) is 3. The van der Waals surface area contributed by atoms with E-state index in [1.54, 1.807) is 7.11 Å². The van der Waals surface area contributed by atoms with Gasteiger partial charge in [-0.2, -0.15) is 0 Å². The summed E-state index contributed by atoms with van der Waals surface area (Å²) in [5.74, 6) is 1.00. The Morgan fingerprint density at radius 2 is 2.10 bits per heavy atom. The van der Waals surface area contributed by atoms with Crippen LogP contribution in [0.3, 0.4) is 0 Å². The van der Waals surface area contributed by atoms with E-state index in [2.05, 4.69) is 27.8 Å². The van der Waals surface area contributed by atoms with Gasteiger partial charge < -0.3 is 14.0 Å². The highest BCUT2D eigenvalue weighted by Gasteiger charge is 2.17. The Hall–Kier alpha value is -2.07. The van der Waals surface area contributed by atoms with Crippen molar-refractivity contribution in [2.45, 2.75) is 26.2 Å². The molecule has 0 saturated carbocycles. The number of hydrogen-bond donors (Lipinski definition) is 0. The van der Waals surface area contributed by atoms with Crippen molar-refractivity contribution in [3.8, 4) is 0 Å². The van der Waals surface area contributed by atoms with Crippen molar-refractivity contribution >= 4 is 0 Å². The molecular formula is C16H18N2O2. The second kappa shape index (κ2) is 5.92. The number of methoxy groups -OCH3 is 1. The first-order valence-electron chi connectivity index (χ1n) is 6.74. The van der Waals surface area contributed by atoms with E-state index < -0.39 is 0 Å². The first kappa shape index (κ1) is 12.9. The standard InChI is InChI=1S/C16H18N2O2/c1-19-14-7-8-15-16(9-14)18(11-17-15)12-20-10-13-5-3-2-4-6-13/h2-7,11H,8-10,12H2,1H3. The van der Waals surface area contributed by atoms with Crippen LogP contribution in [0.4, 0.5) is 0 Å². The van der Waals surface area contributed by atoms with E-state index >= 15 is 0 Å². The summed E-state index contributed by atoms with van der Waals surface area (Å²) in [6, 6.07) is 10.2. The van der Waals surface area contributed by atoms with E-state index in [1.807, 2.05) is 24.5 Å². The quantitative estimate of drug-likeness (QED) is 0.838. The van der Waals surface area contributed by atoms with Crippen LogP contribution in [-0.4, -0.2) is 16.7 Å². The van der Waals surface area contributed by atoms with E-state index in [9.17, 15) is 0 Å². The molecule has 3 rings (SSSR count). The van der Waals surface area contributed by atoms with Crippen molar-refractivity contribution < 1.29 is 9.47 Å². The molecule has 20 heavy (non-hydrogen) atoms. The summed E-state index contributed by atoms with van der Waals surface area (Å²) in [5.41, 5.74) is 3.49. The van der Waals surface area contributed by atoms with Gasteiger partial charge in [0.2, 0.25) is 0 Å². The molecule has 0 fully saturated rings. The molecule has 0 spiro atoms. The maximum absolute atomic E-state index is 5.76. The molecule has 4 nitrogen and oxygen atoms in total. The largest absolute Gasteiger partial charge is 0.501 e. The predicted octanol–water partition coefficient (Wildman–Crippen LogP) is 2.69. The minimum Gasteiger partial charge on any atom is -0.501 e. The Bertz CT molecular complexity index is 602. The number of benzene rings is 1. The lowest BCUT2D eigenvalue weighted by molar-refractivity contribution is 0.0620. The van der Waals surface area contributed by atoms with Gasteiger partial charge in [-0.25, -0.2) is 4.98 Å². The van der Waals surface area contributed by atoms with Crippen molar-refractivity contribution in [1.29, 1.82) is 0 Å². The van der Waals surface area contributed by atoms with Crippen LogP contribution in [0.15, 0.2) is 48.5 Å². The summed E-state index contributed by atoms with van der Waals surface area (Å²) in [5, 5.41) is 0. The van der Waals surface area contributed by atoms with Crippen LogP contribution in [0.5, 0.6) is 0 Å². The molecular weight excluding hydrogens is 252 g/mol. The van der Waals surface area contributed by atoms with Crippen LogP contribution in [0.25, 0.3) is 0 Å². The first-order valence-corrected chi connectivity index (χ1v) is 6.74. The van der Waals surface area contributed by atoms with E-state index in [4.69, 9.17) is 9.47 Å². The molecule has 0 saturated heterocycles. The summed E-state index contributed by atoms with van der Waals surface area (Å²) in [4.78, 5) is 4.43. The van der Waals surface area contributed by atoms with Gasteiger partial charge in [0.25, 0.3) is 0 Å². The molecule has 1 aliphatic rings. The third-order valence-corrected chi connectivity index (χ3v) is 3.50. The lowest BCUT2D eigenvalue weighted by atomic mass is 10.1. The fourth-order valence-corrected chi connectivity index (χ4v) is 2.37. The number of nitrogens with zero attached hydrogens (tertiary/aromatic N) is 2. The zero-order valence-electron chi connectivity index (χ0n) is 11.6. The number of ether oxygens (including phenoxy) is 2. The minimum atomic E-state index is 0.522. The van der Waals surface area contributed by atoms with Gasteiger partial charge >= 0.3 is 0 Å². The monoisotopic (exact) mass is 270 g/mol. The zero-order chi connectivity index (χ0) is 13.8. The summed E-state index contributed by atoms with van der Waals surface area (Å²) < 4.78 is 13.1. The number of fused-ring (bicyclic) bond motifs is 1. The third-order valence-electron chi connectivity index (χ3n) is 3.50. The summed E-state index contributed by atoms with van der Waals surface area (Å²) in [6.07, 6.45) is 5.57. The molecule has 1 aliphatic carbocycles. The van der Waals surface area contributed by atoms with Crippen molar-refractivity contribution in [1.82, 2.24) is 9.55 Å². The molecule has 1 heterocycles. The fraction of sp³-hybridized carbons (Fsp3) is 0.312. The van der Waals surface area contributed by atoms with E-state index in [-0.39, 0.29) is 0 Å². The molecule has 104 valence electrons. The van der Waals surface area contributed by atoms with E-state index in [0.717, 1.165) is 24.3 Å². The SMILES string of the molecule is COC1=CCc2ncn(COCc3ccccc3)c2C1. The van der Waals surface area contributed by atoms with Crippen LogP contribution >= 0.6 is 0 Å². The first-order chi connectivity index (χ1) is 9.86. The van der Waals surface area contributed by atoms with Crippen LogP contribution in [0, 0.1) is 0 Å². The zero-order valence-corrected chi connectivity index (χ0v) is 11.6. The van der Waals surface area contributed by atoms with Crippen LogP contribution < -0.4 is 0 Å². The van der Waals surface area contributed by atoms with Crippen LogP contribution in [-0.2, 0) is 35.7 Å². The van der Waals surface area contributed by atoms with Gasteiger partial charge in [0.15, 0.2) is 0 Å². The molecule has 0 bridgehead atoms. The molecule has 0 radical (unpaired) electrons. The molecule has 0 amide bonds. The van der Waals surface area contributed by atoms with E-state index in [1.165, 1.54) is 11.3 Å². The summed E-state index contributed by atoms with van der Waals surface area (Å²) in [6.45, 7) is 1.13. The number of allylic oxidation sites excluding steroid dienone is 2. The van der Waals surface area contributed by atoms with Gasteiger partial charge in [-0.05, 0) is 11.6 Å². The maximum Gasteiger partial charge on any atom is 0.124 e. The van der Waals surface area contributed by atoms with Crippen molar-refractivity contribution in [3.05, 3.63) is 65.4 Å². The third kappa shape index (κ3) is 2.75. The highest BCUT2D eigenvalue weighted by Crippen LogP contribution is 2.20. The number of aromatic nitrogens is 2. The summed E-state index contributed by atoms with van der Waals surface area (Å²) in [7, 11) is 1.71. The number of imidazole rings is 1. The Labute approximate surface area is 118 Å². The maximum atomic E-state index is 5.76. The van der Waals surface area contributed by atoms with Gasteiger partial charge in [-0.1, -0.05) is 30.3 Å². The van der Waals surface area contributed by atoms with Gasteiger partial charge in [-0.3, -0.25) is 0 Å². The Kier molecular flexibility index (Phi) is 3.83. The average Bonchev–Trinajstić information content (AvgIpc) is 2.91. The second-order valence-corrected chi connectivity index (χ2v) is 4.83. The van der Waals surface area contributed by atoms with Gasteiger partial charge in [0.05, 0.1) is 37.2 Å². The minimum absolute atomic E-state index is 0.522. The lowest BCUT2D eigenvalue weighted by Crippen LogP contribution is -2.11. The molecule has 0 aliphatic heterocycles. The van der Waals surface area contributed by atoms with Crippen molar-refractivity contribution in [3.63, 3.8) is 0 Å². The lowest BCUT2D eigenvalue weighted by Gasteiger charge is -2.15. The number of rotatable bonds is 5.